The Morgan fingerprint density at radius 1 is 1.41 bits per heavy atom. The minimum atomic E-state index is -1.23. The van der Waals surface area contributed by atoms with Gasteiger partial charge in [-0.05, 0) is 26.8 Å². The van der Waals surface area contributed by atoms with E-state index < -0.39 is 11.4 Å². The van der Waals surface area contributed by atoms with E-state index in [4.69, 9.17) is 0 Å². The first-order chi connectivity index (χ1) is 7.98. The summed E-state index contributed by atoms with van der Waals surface area (Å²) in [4.78, 5) is 0. The number of H-pyrrole nitrogens is 1. The summed E-state index contributed by atoms with van der Waals surface area (Å²) in [5.74, 6) is 0. The highest BCUT2D eigenvalue weighted by Gasteiger charge is 2.25. The highest BCUT2D eigenvalue weighted by atomic mass is 32.2. The van der Waals surface area contributed by atoms with Crippen LogP contribution in [0.2, 0.25) is 0 Å². The maximum atomic E-state index is 11.8. The van der Waals surface area contributed by atoms with Gasteiger partial charge in [0.1, 0.15) is 16.1 Å². The Kier molecular flexibility index (Phi) is 3.22. The third kappa shape index (κ3) is 2.68. The van der Waals surface area contributed by atoms with Crippen LogP contribution < -0.4 is 0 Å². The predicted octanol–water partition coefficient (Wildman–Crippen LogP) is 2.44. The molecule has 0 aliphatic heterocycles. The molecule has 0 aliphatic carbocycles. The zero-order valence-electron chi connectivity index (χ0n) is 10.1. The van der Waals surface area contributed by atoms with Crippen LogP contribution in [0.3, 0.4) is 0 Å². The molecule has 1 aromatic heterocycles. The lowest BCUT2D eigenvalue weighted by atomic mass is 10.1. The summed E-state index contributed by atoms with van der Waals surface area (Å²) in [5, 5.41) is 7.85. The van der Waals surface area contributed by atoms with E-state index in [1.165, 1.54) is 0 Å². The second-order valence-corrected chi connectivity index (χ2v) is 6.71. The number of nitrogens with zero attached hydrogens (tertiary/aromatic N) is 2. The van der Waals surface area contributed by atoms with Crippen LogP contribution in [0.1, 0.15) is 26.3 Å². The summed E-state index contributed by atoms with van der Waals surface area (Å²) in [7, 11) is 0. The Morgan fingerprint density at radius 2 is 2.18 bits per heavy atom. The number of hydrogen-bond acceptors (Lipinski definition) is 3. The van der Waals surface area contributed by atoms with Crippen LogP contribution in [0.5, 0.6) is 0 Å². The molecule has 0 aliphatic rings. The van der Waals surface area contributed by atoms with Crippen molar-refractivity contribution in [2.45, 2.75) is 25.5 Å². The molecule has 1 aromatic carbocycles. The fraction of sp³-hybridized carbons (Fsp3) is 0.333. The van der Waals surface area contributed by atoms with Crippen LogP contribution in [0.25, 0.3) is 10.9 Å². The molecule has 1 heterocycles. The fourth-order valence-electron chi connectivity index (χ4n) is 1.37. The quantitative estimate of drug-likeness (QED) is 0.656. The standard InChI is InChI=1S/C12H15N3OS/c1-12(2,3)17(16)14-7-9-5-4-6-11-10(9)8-13-15-11/h4-8H,1-3H3,(H,13,15). The Hall–Kier alpha value is -1.33. The first-order valence-corrected chi connectivity index (χ1v) is 6.47. The summed E-state index contributed by atoms with van der Waals surface area (Å²) in [6.45, 7) is 5.71. The van der Waals surface area contributed by atoms with Crippen molar-refractivity contribution < 1.29 is 4.55 Å². The number of rotatable bonds is 2. The van der Waals surface area contributed by atoms with Crippen molar-refractivity contribution in [1.82, 2.24) is 10.2 Å². The van der Waals surface area contributed by atoms with Crippen LogP contribution in [0.15, 0.2) is 28.8 Å². The van der Waals surface area contributed by atoms with E-state index in [1.807, 2.05) is 39.0 Å². The van der Waals surface area contributed by atoms with Gasteiger partial charge in [0, 0.05) is 10.9 Å². The molecular weight excluding hydrogens is 234 g/mol. The Labute approximate surface area is 103 Å². The maximum Gasteiger partial charge on any atom is 0.144 e. The van der Waals surface area contributed by atoms with Gasteiger partial charge >= 0.3 is 0 Å². The molecule has 2 aromatic rings. The first-order valence-electron chi connectivity index (χ1n) is 5.36. The number of nitrogens with one attached hydrogen (secondary N) is 1. The number of hydrogen-bond donors (Lipinski definition) is 1. The van der Waals surface area contributed by atoms with Crippen molar-refractivity contribution in [3.63, 3.8) is 0 Å². The van der Waals surface area contributed by atoms with Crippen molar-refractivity contribution >= 4 is 28.5 Å². The Bertz CT molecular complexity index is 542. The average molecular weight is 249 g/mol. The summed E-state index contributed by atoms with van der Waals surface area (Å²) in [5.41, 5.74) is 1.88. The molecule has 0 saturated heterocycles. The molecule has 0 radical (unpaired) electrons. The Balaban J connectivity index is 2.30. The third-order valence-corrected chi connectivity index (χ3v) is 3.67. The molecule has 90 valence electrons. The molecular formula is C12H15N3OS. The van der Waals surface area contributed by atoms with Crippen molar-refractivity contribution in [3.8, 4) is 0 Å². The van der Waals surface area contributed by atoms with Gasteiger partial charge in [-0.3, -0.25) is 5.10 Å². The second kappa shape index (κ2) is 4.50. The summed E-state index contributed by atoms with van der Waals surface area (Å²) < 4.78 is 15.6. The highest BCUT2D eigenvalue weighted by Crippen LogP contribution is 2.18. The zero-order chi connectivity index (χ0) is 12.5. The fourth-order valence-corrected chi connectivity index (χ4v) is 1.89. The molecule has 1 N–H and O–H groups in total. The highest BCUT2D eigenvalue weighted by molar-refractivity contribution is 7.91. The van der Waals surface area contributed by atoms with Gasteiger partial charge in [-0.1, -0.05) is 16.5 Å². The molecule has 1 atom stereocenters. The average Bonchev–Trinajstić information content (AvgIpc) is 2.72. The zero-order valence-corrected chi connectivity index (χ0v) is 10.9. The van der Waals surface area contributed by atoms with Gasteiger partial charge in [-0.15, -0.1) is 0 Å². The normalized spacial score (nSPS) is 14.6. The SMILES string of the molecule is CC(C)(C)[S+]([O-])N=Cc1cccc2[nH]ncc12. The lowest BCUT2D eigenvalue weighted by Crippen LogP contribution is -2.25. The van der Waals surface area contributed by atoms with Crippen LogP contribution in [-0.4, -0.2) is 25.7 Å². The van der Waals surface area contributed by atoms with Gasteiger partial charge in [0.2, 0.25) is 0 Å². The van der Waals surface area contributed by atoms with Gasteiger partial charge in [0.25, 0.3) is 0 Å². The Morgan fingerprint density at radius 3 is 2.88 bits per heavy atom. The summed E-state index contributed by atoms with van der Waals surface area (Å²) in [6.07, 6.45) is 3.40. The van der Waals surface area contributed by atoms with E-state index in [1.54, 1.807) is 12.4 Å². The van der Waals surface area contributed by atoms with Crippen LogP contribution in [0.4, 0.5) is 0 Å². The van der Waals surface area contributed by atoms with Crippen molar-refractivity contribution in [2.75, 3.05) is 0 Å². The number of aromatic nitrogens is 2. The molecule has 0 amide bonds. The molecule has 2 rings (SSSR count). The molecule has 0 bridgehead atoms. The van der Waals surface area contributed by atoms with E-state index in [0.29, 0.717) is 0 Å². The predicted molar refractivity (Wildman–Crippen MR) is 71.6 cm³/mol. The van der Waals surface area contributed by atoms with Gasteiger partial charge in [-0.2, -0.15) is 5.10 Å². The smallest absolute Gasteiger partial charge is 0.144 e. The topological polar surface area (TPSA) is 64.1 Å². The van der Waals surface area contributed by atoms with Gasteiger partial charge in [-0.25, -0.2) is 0 Å². The molecule has 0 spiro atoms. The lowest BCUT2D eigenvalue weighted by Gasteiger charge is -2.17. The van der Waals surface area contributed by atoms with Crippen LogP contribution in [0, 0.1) is 0 Å². The van der Waals surface area contributed by atoms with E-state index in [9.17, 15) is 4.55 Å². The summed E-state index contributed by atoms with van der Waals surface area (Å²) in [6, 6.07) is 5.80. The van der Waals surface area contributed by atoms with Crippen LogP contribution >= 0.6 is 0 Å². The van der Waals surface area contributed by atoms with E-state index in [2.05, 4.69) is 14.6 Å². The second-order valence-electron chi connectivity index (χ2n) is 4.77. The van der Waals surface area contributed by atoms with Gasteiger partial charge < -0.3 is 4.55 Å². The number of benzene rings is 1. The largest absolute Gasteiger partial charge is 0.591 e. The van der Waals surface area contributed by atoms with E-state index in [-0.39, 0.29) is 4.75 Å². The van der Waals surface area contributed by atoms with E-state index >= 15 is 0 Å². The van der Waals surface area contributed by atoms with Crippen molar-refractivity contribution in [1.29, 1.82) is 0 Å². The van der Waals surface area contributed by atoms with Gasteiger partial charge in [0.05, 0.1) is 17.9 Å². The number of aromatic amines is 1. The first kappa shape index (κ1) is 12.1. The van der Waals surface area contributed by atoms with Crippen molar-refractivity contribution in [3.05, 3.63) is 30.0 Å². The lowest BCUT2D eigenvalue weighted by molar-refractivity contribution is 0.562. The summed E-state index contributed by atoms with van der Waals surface area (Å²) >= 11 is -1.23. The molecule has 17 heavy (non-hydrogen) atoms. The minimum absolute atomic E-state index is 0.333. The monoisotopic (exact) mass is 249 g/mol. The molecule has 4 nitrogen and oxygen atoms in total. The van der Waals surface area contributed by atoms with Gasteiger partial charge in [0.15, 0.2) is 0 Å². The number of fused-ring (bicyclic) bond motifs is 1. The van der Waals surface area contributed by atoms with E-state index in [0.717, 1.165) is 16.5 Å². The minimum Gasteiger partial charge on any atom is -0.591 e. The molecule has 0 saturated carbocycles. The third-order valence-electron chi connectivity index (χ3n) is 2.33. The van der Waals surface area contributed by atoms with Crippen molar-refractivity contribution in [2.24, 2.45) is 4.40 Å². The molecule has 1 unspecified atom stereocenters. The van der Waals surface area contributed by atoms with Crippen LogP contribution in [-0.2, 0) is 11.4 Å². The molecule has 0 fully saturated rings. The molecule has 5 heteroatoms. The maximum absolute atomic E-state index is 11.8.